The fourth-order valence-electron chi connectivity index (χ4n) is 1.28. The van der Waals surface area contributed by atoms with Crippen molar-refractivity contribution < 1.29 is 23.9 Å². The molecule has 130 valence electrons. The monoisotopic (exact) mass is 333 g/mol. The molecule has 0 fully saturated rings. The zero-order valence-electron chi connectivity index (χ0n) is 15.2. The molecule has 0 aliphatic heterocycles. The summed E-state index contributed by atoms with van der Waals surface area (Å²) in [7, 11) is -2.33. The van der Waals surface area contributed by atoms with Crippen molar-refractivity contribution in [1.82, 2.24) is 5.32 Å². The lowest BCUT2D eigenvalue weighted by atomic mass is 10.2. The summed E-state index contributed by atoms with van der Waals surface area (Å²) in [5.74, 6) is -0.632. The second-order valence-electron chi connectivity index (χ2n) is 8.05. The van der Waals surface area contributed by atoms with Crippen molar-refractivity contribution in [2.24, 2.45) is 0 Å². The predicted molar refractivity (Wildman–Crippen MR) is 88.1 cm³/mol. The summed E-state index contributed by atoms with van der Waals surface area (Å²) in [5, 5.41) is 12.0. The molecule has 22 heavy (non-hydrogen) atoms. The summed E-state index contributed by atoms with van der Waals surface area (Å²) in [6.07, 6.45) is -1.84. The number of rotatable bonds is 4. The number of aliphatic hydroxyl groups excluding tert-OH is 1. The van der Waals surface area contributed by atoms with Crippen molar-refractivity contribution in [3.8, 4) is 0 Å². The number of alkyl carbamates (subject to hydrolysis) is 1. The van der Waals surface area contributed by atoms with E-state index in [4.69, 9.17) is 9.16 Å². The van der Waals surface area contributed by atoms with Gasteiger partial charge in [-0.2, -0.15) is 0 Å². The number of aliphatic hydroxyl groups is 1. The minimum absolute atomic E-state index is 0.155. The highest BCUT2D eigenvalue weighted by atomic mass is 28.4. The molecule has 0 saturated heterocycles. The molecule has 0 aliphatic rings. The molecule has 0 bridgehead atoms. The van der Waals surface area contributed by atoms with Crippen molar-refractivity contribution in [3.05, 3.63) is 0 Å². The first-order valence-corrected chi connectivity index (χ1v) is 10.4. The van der Waals surface area contributed by atoms with Gasteiger partial charge in [-0.05, 0) is 45.8 Å². The molecule has 0 radical (unpaired) electrons. The first-order chi connectivity index (χ1) is 9.57. The summed E-state index contributed by atoms with van der Waals surface area (Å²) in [5.41, 5.74) is -0.684. The van der Waals surface area contributed by atoms with E-state index in [2.05, 4.69) is 5.32 Å². The Hall–Kier alpha value is -1.08. The highest BCUT2D eigenvalue weighted by Crippen LogP contribution is 2.36. The molecule has 0 aromatic carbocycles. The van der Waals surface area contributed by atoms with Crippen LogP contribution in [0, 0.1) is 0 Å². The Kier molecular flexibility index (Phi) is 6.65. The van der Waals surface area contributed by atoms with Gasteiger partial charge >= 0.3 is 12.1 Å². The maximum absolute atomic E-state index is 12.3. The van der Waals surface area contributed by atoms with Gasteiger partial charge in [0.25, 0.3) is 8.32 Å². The smallest absolute Gasteiger partial charge is 0.408 e. The highest BCUT2D eigenvalue weighted by Gasteiger charge is 2.42. The zero-order chi connectivity index (χ0) is 17.9. The lowest BCUT2D eigenvalue weighted by Crippen LogP contribution is -2.54. The number of carbonyl (C=O) groups is 2. The van der Waals surface area contributed by atoms with Crippen molar-refractivity contribution in [2.45, 2.75) is 84.3 Å². The van der Waals surface area contributed by atoms with Crippen LogP contribution in [0.3, 0.4) is 0 Å². The largest absolute Gasteiger partial charge is 0.518 e. The molecular formula is C15H31NO5Si. The molecule has 0 aromatic rings. The molecule has 0 unspecified atom stereocenters. The summed E-state index contributed by atoms with van der Waals surface area (Å²) in [4.78, 5) is 24.1. The van der Waals surface area contributed by atoms with Gasteiger partial charge in [-0.25, -0.2) is 4.79 Å². The third-order valence-electron chi connectivity index (χ3n) is 3.57. The summed E-state index contributed by atoms with van der Waals surface area (Å²) < 4.78 is 10.7. The molecule has 0 aliphatic carbocycles. The number of hydrogen-bond acceptors (Lipinski definition) is 5. The molecule has 7 heteroatoms. The molecule has 6 nitrogen and oxygen atoms in total. The van der Waals surface area contributed by atoms with Gasteiger partial charge < -0.3 is 19.6 Å². The van der Waals surface area contributed by atoms with Crippen LogP contribution in [0.1, 0.15) is 48.5 Å². The van der Waals surface area contributed by atoms with Crippen LogP contribution < -0.4 is 5.32 Å². The zero-order valence-corrected chi connectivity index (χ0v) is 16.2. The Morgan fingerprint density at radius 2 is 1.55 bits per heavy atom. The van der Waals surface area contributed by atoms with Crippen LogP contribution in [-0.2, 0) is 14.0 Å². The van der Waals surface area contributed by atoms with E-state index in [-0.39, 0.29) is 5.04 Å². The molecular weight excluding hydrogens is 302 g/mol. The van der Waals surface area contributed by atoms with Gasteiger partial charge in [0.05, 0.1) is 6.10 Å². The van der Waals surface area contributed by atoms with Crippen LogP contribution in [0.4, 0.5) is 4.79 Å². The third kappa shape index (κ3) is 6.78. The maximum Gasteiger partial charge on any atom is 0.408 e. The lowest BCUT2D eigenvalue weighted by Gasteiger charge is -2.37. The molecule has 2 N–H and O–H groups in total. The Morgan fingerprint density at radius 1 is 1.09 bits per heavy atom. The van der Waals surface area contributed by atoms with Gasteiger partial charge in [0.15, 0.2) is 6.04 Å². The molecule has 2 atom stereocenters. The number of ether oxygens (including phenoxy) is 1. The van der Waals surface area contributed by atoms with Crippen molar-refractivity contribution >= 4 is 20.4 Å². The quantitative estimate of drug-likeness (QED) is 0.773. The molecule has 1 amide bonds. The molecule has 0 aromatic heterocycles. The predicted octanol–water partition coefficient (Wildman–Crippen LogP) is 2.81. The van der Waals surface area contributed by atoms with E-state index in [1.54, 1.807) is 20.8 Å². The van der Waals surface area contributed by atoms with Gasteiger partial charge in [0.1, 0.15) is 5.60 Å². The molecule has 0 saturated carbocycles. The van der Waals surface area contributed by atoms with Gasteiger partial charge in [-0.1, -0.05) is 20.8 Å². The van der Waals surface area contributed by atoms with E-state index < -0.39 is 38.1 Å². The number of amides is 1. The second kappa shape index (κ2) is 7.00. The van der Waals surface area contributed by atoms with E-state index in [1.807, 2.05) is 33.9 Å². The SMILES string of the molecule is C[C@@H](O)[C@H](NC(=O)OC(C)(C)C)C(=O)O[Si](C)(C)C(C)(C)C. The van der Waals surface area contributed by atoms with Crippen molar-refractivity contribution in [3.63, 3.8) is 0 Å². The van der Waals surface area contributed by atoms with Gasteiger partial charge in [-0.15, -0.1) is 0 Å². The van der Waals surface area contributed by atoms with E-state index in [9.17, 15) is 14.7 Å². The summed E-state index contributed by atoms with van der Waals surface area (Å²) >= 11 is 0. The molecule has 0 rings (SSSR count). The number of nitrogens with one attached hydrogen (secondary N) is 1. The van der Waals surface area contributed by atoms with Crippen LogP contribution >= 0.6 is 0 Å². The Balaban J connectivity index is 4.98. The average molecular weight is 334 g/mol. The average Bonchev–Trinajstić information content (AvgIpc) is 2.20. The normalized spacial score (nSPS) is 15.7. The third-order valence-corrected chi connectivity index (χ3v) is 7.89. The number of hydrogen-bond donors (Lipinski definition) is 2. The fourth-order valence-corrected chi connectivity index (χ4v) is 2.22. The number of carbonyl (C=O) groups excluding carboxylic acids is 2. The van der Waals surface area contributed by atoms with Gasteiger partial charge in [-0.3, -0.25) is 4.79 Å². The Morgan fingerprint density at radius 3 is 1.86 bits per heavy atom. The first kappa shape index (κ1) is 20.9. The summed E-state index contributed by atoms with van der Waals surface area (Å²) in [6.45, 7) is 16.5. The highest BCUT2D eigenvalue weighted by molar-refractivity contribution is 6.75. The van der Waals surface area contributed by atoms with Crippen molar-refractivity contribution in [2.75, 3.05) is 0 Å². The van der Waals surface area contributed by atoms with Crippen LogP contribution in [-0.4, -0.2) is 43.2 Å². The van der Waals surface area contributed by atoms with E-state index in [0.717, 1.165) is 0 Å². The Labute approximate surface area is 134 Å². The van der Waals surface area contributed by atoms with Crippen LogP contribution in [0.15, 0.2) is 0 Å². The van der Waals surface area contributed by atoms with Crippen LogP contribution in [0.2, 0.25) is 18.1 Å². The molecule has 0 spiro atoms. The second-order valence-corrected chi connectivity index (χ2v) is 12.8. The van der Waals surface area contributed by atoms with Gasteiger partial charge in [0, 0.05) is 0 Å². The van der Waals surface area contributed by atoms with Gasteiger partial charge in [0.2, 0.25) is 0 Å². The Bertz CT molecular complexity index is 407. The van der Waals surface area contributed by atoms with E-state index in [1.165, 1.54) is 6.92 Å². The maximum atomic E-state index is 12.3. The van der Waals surface area contributed by atoms with Crippen LogP contribution in [0.5, 0.6) is 0 Å². The molecule has 0 heterocycles. The lowest BCUT2D eigenvalue weighted by molar-refractivity contribution is -0.140. The standard InChI is InChI=1S/C15H31NO5Si/c1-10(17)11(16-13(19)20-14(2,3)4)12(18)21-22(8,9)15(5,6)7/h10-11,17H,1-9H3,(H,16,19)/t10-,11+/m1/s1. The van der Waals surface area contributed by atoms with Crippen molar-refractivity contribution in [1.29, 1.82) is 0 Å². The first-order valence-electron chi connectivity index (χ1n) is 7.47. The fraction of sp³-hybridized carbons (Fsp3) is 0.867. The van der Waals surface area contributed by atoms with Crippen LogP contribution in [0.25, 0.3) is 0 Å². The minimum Gasteiger partial charge on any atom is -0.518 e. The topological polar surface area (TPSA) is 84.9 Å². The minimum atomic E-state index is -2.33. The van der Waals surface area contributed by atoms with E-state index in [0.29, 0.717) is 0 Å². The summed E-state index contributed by atoms with van der Waals surface area (Å²) in [6, 6.07) is -1.15. The van der Waals surface area contributed by atoms with E-state index >= 15 is 0 Å².